The van der Waals surface area contributed by atoms with Crippen LogP contribution in [0.3, 0.4) is 0 Å². The number of ether oxygens (including phenoxy) is 2. The van der Waals surface area contributed by atoms with Gasteiger partial charge in [-0.2, -0.15) is 0 Å². The highest BCUT2D eigenvalue weighted by Gasteiger charge is 2.30. The van der Waals surface area contributed by atoms with Crippen molar-refractivity contribution in [1.29, 1.82) is 0 Å². The molecule has 0 radical (unpaired) electrons. The van der Waals surface area contributed by atoms with Gasteiger partial charge in [0.25, 0.3) is 0 Å². The molecule has 1 atom stereocenters. The van der Waals surface area contributed by atoms with Gasteiger partial charge in [0.05, 0.1) is 11.9 Å². The summed E-state index contributed by atoms with van der Waals surface area (Å²) in [5.41, 5.74) is 0.978. The fraction of sp³-hybridized carbons (Fsp3) is 0.316. The summed E-state index contributed by atoms with van der Waals surface area (Å²) in [5, 5.41) is 3.62. The van der Waals surface area contributed by atoms with E-state index in [4.69, 9.17) is 32.7 Å². The second-order valence-electron chi connectivity index (χ2n) is 6.52. The molecule has 29 heavy (non-hydrogen) atoms. The van der Waals surface area contributed by atoms with Gasteiger partial charge in [0.15, 0.2) is 11.5 Å². The molecule has 0 saturated carbocycles. The van der Waals surface area contributed by atoms with E-state index in [1.807, 2.05) is 0 Å². The molecule has 7 nitrogen and oxygen atoms in total. The molecule has 0 saturated heterocycles. The molecule has 0 spiro atoms. The maximum absolute atomic E-state index is 12.7. The highest BCUT2D eigenvalue weighted by atomic mass is 35.5. The molecule has 156 valence electrons. The number of sulfonamides is 1. The van der Waals surface area contributed by atoms with Gasteiger partial charge in [-0.25, -0.2) is 8.42 Å². The van der Waals surface area contributed by atoms with Crippen LogP contribution in [-0.4, -0.2) is 39.8 Å². The van der Waals surface area contributed by atoms with E-state index in [-0.39, 0.29) is 6.54 Å². The van der Waals surface area contributed by atoms with Gasteiger partial charge in [-0.15, -0.1) is 0 Å². The lowest BCUT2D eigenvalue weighted by Crippen LogP contribution is -2.47. The molecule has 2 aromatic carbocycles. The Morgan fingerprint density at radius 3 is 2.48 bits per heavy atom. The number of nitrogens with zero attached hydrogens (tertiary/aromatic N) is 1. The molecule has 0 bridgehead atoms. The number of rotatable bonds is 6. The third-order valence-corrected chi connectivity index (χ3v) is 6.17. The minimum absolute atomic E-state index is 0.137. The number of hydrogen-bond donors (Lipinski definition) is 1. The van der Waals surface area contributed by atoms with Gasteiger partial charge in [0, 0.05) is 22.7 Å². The molecule has 0 aromatic heterocycles. The van der Waals surface area contributed by atoms with E-state index < -0.39 is 22.0 Å². The van der Waals surface area contributed by atoms with Crippen molar-refractivity contribution in [2.75, 3.05) is 23.8 Å². The van der Waals surface area contributed by atoms with E-state index in [1.54, 1.807) is 36.4 Å². The van der Waals surface area contributed by atoms with Gasteiger partial charge in [0.1, 0.15) is 19.3 Å². The lowest BCUT2D eigenvalue weighted by atomic mass is 10.2. The van der Waals surface area contributed by atoms with Crippen LogP contribution in [0, 0.1) is 0 Å². The third kappa shape index (κ3) is 5.07. The van der Waals surface area contributed by atoms with E-state index >= 15 is 0 Å². The number of amides is 1. The zero-order chi connectivity index (χ0) is 21.2. The van der Waals surface area contributed by atoms with Crippen molar-refractivity contribution in [2.45, 2.75) is 19.5 Å². The molecule has 10 heteroatoms. The Balaban J connectivity index is 1.80. The van der Waals surface area contributed by atoms with Gasteiger partial charge in [-0.1, -0.05) is 29.3 Å². The molecular weight excluding hydrogens is 439 g/mol. The maximum atomic E-state index is 12.7. The van der Waals surface area contributed by atoms with Crippen LogP contribution in [0.2, 0.25) is 10.0 Å². The van der Waals surface area contributed by atoms with Crippen LogP contribution in [0.25, 0.3) is 0 Å². The van der Waals surface area contributed by atoms with E-state index in [0.717, 1.165) is 10.6 Å². The number of hydrogen-bond acceptors (Lipinski definition) is 5. The molecular formula is C19H20Cl2N2O5S. The first-order chi connectivity index (χ1) is 13.7. The Hall–Kier alpha value is -2.16. The Bertz CT molecular complexity index is 1030. The fourth-order valence-corrected chi connectivity index (χ4v) is 4.61. The summed E-state index contributed by atoms with van der Waals surface area (Å²) in [4.78, 5) is 12.7. The summed E-state index contributed by atoms with van der Waals surface area (Å²) in [7, 11) is -3.75. The van der Waals surface area contributed by atoms with E-state index in [2.05, 4.69) is 5.32 Å². The number of benzene rings is 2. The van der Waals surface area contributed by atoms with Crippen molar-refractivity contribution in [1.82, 2.24) is 5.32 Å². The van der Waals surface area contributed by atoms with Crippen LogP contribution in [0.1, 0.15) is 12.5 Å². The van der Waals surface area contributed by atoms with E-state index in [9.17, 15) is 13.2 Å². The second-order valence-corrected chi connectivity index (χ2v) is 9.22. The highest BCUT2D eigenvalue weighted by molar-refractivity contribution is 7.92. The third-order valence-electron chi connectivity index (χ3n) is 4.34. The van der Waals surface area contributed by atoms with Crippen LogP contribution >= 0.6 is 23.2 Å². The summed E-state index contributed by atoms with van der Waals surface area (Å²) in [6.07, 6.45) is 1.05. The lowest BCUT2D eigenvalue weighted by molar-refractivity contribution is -0.122. The Labute approximate surface area is 179 Å². The molecule has 0 fully saturated rings. The zero-order valence-electron chi connectivity index (χ0n) is 15.8. The van der Waals surface area contributed by atoms with E-state index in [0.29, 0.717) is 46.0 Å². The van der Waals surface area contributed by atoms with Crippen molar-refractivity contribution >= 4 is 44.8 Å². The van der Waals surface area contributed by atoms with Gasteiger partial charge < -0.3 is 14.8 Å². The molecule has 1 N–H and O–H groups in total. The van der Waals surface area contributed by atoms with Crippen molar-refractivity contribution in [3.8, 4) is 11.5 Å². The number of fused-ring (bicyclic) bond motifs is 1. The number of carbonyl (C=O) groups excluding carboxylic acids is 1. The summed E-state index contributed by atoms with van der Waals surface area (Å²) < 4.78 is 36.9. The first kappa shape index (κ1) is 21.5. The smallest absolute Gasteiger partial charge is 0.243 e. The number of halogens is 2. The predicted octanol–water partition coefficient (Wildman–Crippen LogP) is 3.24. The minimum Gasteiger partial charge on any atom is -0.486 e. The van der Waals surface area contributed by atoms with Gasteiger partial charge in [-0.05, 0) is 36.8 Å². The lowest BCUT2D eigenvalue weighted by Gasteiger charge is -2.29. The molecule has 0 unspecified atom stereocenters. The molecule has 0 aliphatic carbocycles. The van der Waals surface area contributed by atoms with Gasteiger partial charge >= 0.3 is 0 Å². The SMILES string of the molecule is C[C@@H](C(=O)NCc1ccc(Cl)cc1Cl)N(c1ccc2c(c1)OCCO2)S(C)(=O)=O. The van der Waals surface area contributed by atoms with Gasteiger partial charge in [0.2, 0.25) is 15.9 Å². The molecule has 3 rings (SSSR count). The van der Waals surface area contributed by atoms with Crippen molar-refractivity contribution in [3.63, 3.8) is 0 Å². The van der Waals surface area contributed by atoms with Crippen molar-refractivity contribution in [3.05, 3.63) is 52.0 Å². The summed E-state index contributed by atoms with van der Waals surface area (Å²) in [6, 6.07) is 8.69. The molecule has 1 heterocycles. The monoisotopic (exact) mass is 458 g/mol. The maximum Gasteiger partial charge on any atom is 0.243 e. The first-order valence-electron chi connectivity index (χ1n) is 8.77. The normalized spacial score (nSPS) is 14.2. The Kier molecular flexibility index (Phi) is 6.45. The average molecular weight is 459 g/mol. The second kappa shape index (κ2) is 8.69. The van der Waals surface area contributed by atoms with Crippen LogP contribution in [0.15, 0.2) is 36.4 Å². The zero-order valence-corrected chi connectivity index (χ0v) is 18.1. The fourth-order valence-electron chi connectivity index (χ4n) is 2.97. The van der Waals surface area contributed by atoms with Crippen LogP contribution in [0.4, 0.5) is 5.69 Å². The average Bonchev–Trinajstić information content (AvgIpc) is 2.66. The van der Waals surface area contributed by atoms with E-state index in [1.165, 1.54) is 6.92 Å². The largest absolute Gasteiger partial charge is 0.486 e. The van der Waals surface area contributed by atoms with Crippen molar-refractivity contribution < 1.29 is 22.7 Å². The first-order valence-corrected chi connectivity index (χ1v) is 11.4. The Morgan fingerprint density at radius 1 is 1.14 bits per heavy atom. The summed E-state index contributed by atoms with van der Waals surface area (Å²) in [5.74, 6) is 0.488. The standard InChI is InChI=1S/C19H20Cl2N2O5S/c1-12(19(24)22-11-13-3-4-14(20)9-16(13)21)23(29(2,25)26)15-5-6-17-18(10-15)28-8-7-27-17/h3-6,9-10,12H,7-8,11H2,1-2H3,(H,22,24)/t12-/m0/s1. The molecule has 1 amide bonds. The number of carbonyl (C=O) groups is 1. The van der Waals surface area contributed by atoms with Crippen LogP contribution in [0.5, 0.6) is 11.5 Å². The molecule has 1 aliphatic rings. The van der Waals surface area contributed by atoms with Crippen LogP contribution in [-0.2, 0) is 21.4 Å². The minimum atomic E-state index is -3.75. The number of anilines is 1. The van der Waals surface area contributed by atoms with Crippen molar-refractivity contribution in [2.24, 2.45) is 0 Å². The Morgan fingerprint density at radius 2 is 1.83 bits per heavy atom. The summed E-state index contributed by atoms with van der Waals surface area (Å²) in [6.45, 7) is 2.44. The predicted molar refractivity (Wildman–Crippen MR) is 113 cm³/mol. The molecule has 1 aliphatic heterocycles. The quantitative estimate of drug-likeness (QED) is 0.717. The summed E-state index contributed by atoms with van der Waals surface area (Å²) >= 11 is 12.0. The topological polar surface area (TPSA) is 84.9 Å². The van der Waals surface area contributed by atoms with Crippen LogP contribution < -0.4 is 19.1 Å². The highest BCUT2D eigenvalue weighted by Crippen LogP contribution is 2.35. The number of nitrogens with one attached hydrogen (secondary N) is 1. The molecule has 2 aromatic rings. The van der Waals surface area contributed by atoms with Gasteiger partial charge in [-0.3, -0.25) is 9.10 Å².